The molecular formula is C25H21NS. The Kier molecular flexibility index (Phi) is 3.33. The van der Waals surface area contributed by atoms with Crippen LogP contribution in [-0.2, 0) is 19.3 Å². The molecule has 1 nitrogen and oxygen atoms in total. The molecule has 0 saturated heterocycles. The van der Waals surface area contributed by atoms with Gasteiger partial charge in [-0.3, -0.25) is 0 Å². The van der Waals surface area contributed by atoms with Crippen LogP contribution in [0, 0.1) is 6.92 Å². The first kappa shape index (κ1) is 15.6. The summed E-state index contributed by atoms with van der Waals surface area (Å²) in [5.41, 5.74) is 11.1. The maximum absolute atomic E-state index is 5.20. The Morgan fingerprint density at radius 1 is 0.889 bits per heavy atom. The van der Waals surface area contributed by atoms with Crippen molar-refractivity contribution in [2.75, 3.05) is 0 Å². The van der Waals surface area contributed by atoms with Crippen LogP contribution < -0.4 is 0 Å². The molecule has 0 N–H and O–H groups in total. The summed E-state index contributed by atoms with van der Waals surface area (Å²) in [5.74, 6) is 0. The topological polar surface area (TPSA) is 12.9 Å². The third-order valence-corrected chi connectivity index (χ3v) is 7.35. The minimum Gasteiger partial charge on any atom is -0.241 e. The Bertz CT molecular complexity index is 1200. The Labute approximate surface area is 163 Å². The number of hydrogen-bond acceptors (Lipinski definition) is 2. The van der Waals surface area contributed by atoms with Gasteiger partial charge in [0.1, 0.15) is 4.83 Å². The molecule has 132 valence electrons. The summed E-state index contributed by atoms with van der Waals surface area (Å²) in [5, 5.41) is 1.44. The molecule has 2 aromatic carbocycles. The standard InChI is InChI=1S/C25H21NS/c1-15-10-12-16(13-11-15)22-23-18-7-3-2-6-17(18)14-20(23)26-25-24(22)19-8-4-5-9-21(19)27-25/h2-3,6-7,10-13H,4-5,8-9,14H2,1H3. The Balaban J connectivity index is 1.76. The lowest BCUT2D eigenvalue weighted by atomic mass is 9.88. The lowest BCUT2D eigenvalue weighted by Gasteiger charge is -2.16. The van der Waals surface area contributed by atoms with Gasteiger partial charge in [-0.2, -0.15) is 0 Å². The molecule has 2 aliphatic rings. The van der Waals surface area contributed by atoms with Crippen LogP contribution in [0.4, 0.5) is 0 Å². The Morgan fingerprint density at radius 2 is 1.70 bits per heavy atom. The van der Waals surface area contributed by atoms with Crippen LogP contribution in [0.5, 0.6) is 0 Å². The van der Waals surface area contributed by atoms with Crippen LogP contribution in [-0.4, -0.2) is 4.98 Å². The van der Waals surface area contributed by atoms with E-state index < -0.39 is 0 Å². The van der Waals surface area contributed by atoms with E-state index in [1.54, 1.807) is 10.4 Å². The first-order chi connectivity index (χ1) is 13.3. The second kappa shape index (κ2) is 5.77. The highest BCUT2D eigenvalue weighted by Gasteiger charge is 2.29. The number of thiophene rings is 1. The molecule has 2 aliphatic carbocycles. The number of pyridine rings is 1. The number of rotatable bonds is 1. The number of nitrogens with zero attached hydrogens (tertiary/aromatic N) is 1. The van der Waals surface area contributed by atoms with E-state index in [0.717, 1.165) is 6.42 Å². The zero-order valence-corrected chi connectivity index (χ0v) is 16.3. The quantitative estimate of drug-likeness (QED) is 0.320. The Hall–Kier alpha value is -2.45. The molecule has 2 heteroatoms. The van der Waals surface area contributed by atoms with Crippen molar-refractivity contribution in [2.24, 2.45) is 0 Å². The van der Waals surface area contributed by atoms with E-state index in [2.05, 4.69) is 55.5 Å². The zero-order chi connectivity index (χ0) is 18.0. The van der Waals surface area contributed by atoms with Gasteiger partial charge in [0.15, 0.2) is 0 Å². The van der Waals surface area contributed by atoms with Crippen LogP contribution in [0.3, 0.4) is 0 Å². The van der Waals surface area contributed by atoms with Gasteiger partial charge in [0.2, 0.25) is 0 Å². The van der Waals surface area contributed by atoms with E-state index >= 15 is 0 Å². The van der Waals surface area contributed by atoms with Crippen molar-refractivity contribution in [3.05, 3.63) is 75.8 Å². The van der Waals surface area contributed by atoms with E-state index in [1.807, 2.05) is 11.3 Å². The maximum Gasteiger partial charge on any atom is 0.124 e. The molecule has 0 atom stereocenters. The molecule has 0 saturated carbocycles. The van der Waals surface area contributed by atoms with Crippen LogP contribution in [0.25, 0.3) is 32.5 Å². The summed E-state index contributed by atoms with van der Waals surface area (Å²) in [6.45, 7) is 2.16. The molecular weight excluding hydrogens is 346 g/mol. The number of aryl methyl sites for hydroxylation is 3. The summed E-state index contributed by atoms with van der Waals surface area (Å²) >= 11 is 1.95. The van der Waals surface area contributed by atoms with Gasteiger partial charge in [0.05, 0.1) is 5.69 Å². The van der Waals surface area contributed by atoms with Crippen LogP contribution in [0.1, 0.15) is 40.1 Å². The second-order valence-electron chi connectivity index (χ2n) is 7.90. The minimum atomic E-state index is 0.961. The summed E-state index contributed by atoms with van der Waals surface area (Å²) in [7, 11) is 0. The average molecular weight is 368 g/mol. The van der Waals surface area contributed by atoms with Gasteiger partial charge in [-0.05, 0) is 54.9 Å². The van der Waals surface area contributed by atoms with Crippen LogP contribution >= 0.6 is 11.3 Å². The zero-order valence-electron chi connectivity index (χ0n) is 15.5. The molecule has 0 radical (unpaired) electrons. The molecule has 0 spiro atoms. The highest BCUT2D eigenvalue weighted by Crippen LogP contribution is 2.49. The number of fused-ring (bicyclic) bond motifs is 6. The lowest BCUT2D eigenvalue weighted by Crippen LogP contribution is -1.99. The summed E-state index contributed by atoms with van der Waals surface area (Å²) in [6, 6.07) is 18.0. The average Bonchev–Trinajstić information content (AvgIpc) is 3.24. The molecule has 4 aromatic rings. The largest absolute Gasteiger partial charge is 0.241 e. The van der Waals surface area contributed by atoms with Gasteiger partial charge in [-0.1, -0.05) is 54.1 Å². The van der Waals surface area contributed by atoms with Gasteiger partial charge in [-0.15, -0.1) is 11.3 Å². The fraction of sp³-hybridized carbons (Fsp3) is 0.240. The normalized spacial score (nSPS) is 14.9. The molecule has 0 unspecified atom stereocenters. The second-order valence-corrected chi connectivity index (χ2v) is 8.98. The van der Waals surface area contributed by atoms with E-state index in [0.29, 0.717) is 0 Å². The first-order valence-corrected chi connectivity index (χ1v) is 10.7. The third kappa shape index (κ3) is 2.26. The van der Waals surface area contributed by atoms with E-state index in [9.17, 15) is 0 Å². The summed E-state index contributed by atoms with van der Waals surface area (Å²) in [4.78, 5) is 8.03. The molecule has 0 bridgehead atoms. The van der Waals surface area contributed by atoms with Gasteiger partial charge in [0, 0.05) is 27.8 Å². The first-order valence-electron chi connectivity index (χ1n) is 9.92. The molecule has 0 aliphatic heterocycles. The maximum atomic E-state index is 5.20. The fourth-order valence-corrected chi connectivity index (χ4v) is 6.15. The molecule has 2 heterocycles. The predicted molar refractivity (Wildman–Crippen MR) is 115 cm³/mol. The fourth-order valence-electron chi connectivity index (χ4n) is 4.86. The lowest BCUT2D eigenvalue weighted by molar-refractivity contribution is 0.700. The van der Waals surface area contributed by atoms with Gasteiger partial charge >= 0.3 is 0 Å². The number of hydrogen-bond donors (Lipinski definition) is 0. The molecule has 6 rings (SSSR count). The molecule has 27 heavy (non-hydrogen) atoms. The van der Waals surface area contributed by atoms with Crippen molar-refractivity contribution in [3.8, 4) is 22.3 Å². The van der Waals surface area contributed by atoms with Crippen molar-refractivity contribution in [3.63, 3.8) is 0 Å². The monoisotopic (exact) mass is 367 g/mol. The van der Waals surface area contributed by atoms with E-state index in [4.69, 9.17) is 4.98 Å². The highest BCUT2D eigenvalue weighted by atomic mass is 32.1. The van der Waals surface area contributed by atoms with Gasteiger partial charge < -0.3 is 0 Å². The number of aromatic nitrogens is 1. The smallest absolute Gasteiger partial charge is 0.124 e. The molecule has 0 amide bonds. The van der Waals surface area contributed by atoms with Gasteiger partial charge in [0.25, 0.3) is 0 Å². The van der Waals surface area contributed by atoms with Crippen molar-refractivity contribution in [1.29, 1.82) is 0 Å². The Morgan fingerprint density at radius 3 is 2.59 bits per heavy atom. The number of benzene rings is 2. The molecule has 0 fully saturated rings. The van der Waals surface area contributed by atoms with Crippen molar-refractivity contribution < 1.29 is 0 Å². The van der Waals surface area contributed by atoms with Crippen molar-refractivity contribution in [2.45, 2.75) is 39.0 Å². The van der Waals surface area contributed by atoms with E-state index in [1.165, 1.54) is 75.0 Å². The van der Waals surface area contributed by atoms with Crippen molar-refractivity contribution in [1.82, 2.24) is 4.98 Å². The van der Waals surface area contributed by atoms with E-state index in [-0.39, 0.29) is 0 Å². The van der Waals surface area contributed by atoms with Crippen LogP contribution in [0.15, 0.2) is 48.5 Å². The van der Waals surface area contributed by atoms with Crippen molar-refractivity contribution >= 4 is 21.6 Å². The highest BCUT2D eigenvalue weighted by molar-refractivity contribution is 7.19. The predicted octanol–water partition coefficient (Wildman–Crippen LogP) is 6.72. The SMILES string of the molecule is Cc1ccc(-c2c3c(nc4sc5c(c24)CCCC5)Cc2ccccc2-3)cc1. The van der Waals surface area contributed by atoms with Crippen LogP contribution in [0.2, 0.25) is 0 Å². The molecule has 2 aromatic heterocycles. The third-order valence-electron chi connectivity index (χ3n) is 6.16. The minimum absolute atomic E-state index is 0.961. The summed E-state index contributed by atoms with van der Waals surface area (Å²) < 4.78 is 0. The summed E-state index contributed by atoms with van der Waals surface area (Å²) in [6.07, 6.45) is 6.02. The van der Waals surface area contributed by atoms with Gasteiger partial charge in [-0.25, -0.2) is 4.98 Å².